The maximum absolute atomic E-state index is 12.3. The van der Waals surface area contributed by atoms with Crippen molar-refractivity contribution >= 4 is 35.4 Å². The number of aryl methyl sites for hydroxylation is 1. The van der Waals surface area contributed by atoms with E-state index >= 15 is 0 Å². The van der Waals surface area contributed by atoms with E-state index in [0.717, 1.165) is 69.0 Å². The smallest absolute Gasteiger partial charge is 0.476 e. The number of nitrogens with zero attached hydrogens (tertiary/aromatic N) is 4. The van der Waals surface area contributed by atoms with Gasteiger partial charge < -0.3 is 40.7 Å². The second kappa shape index (κ2) is 28.7. The van der Waals surface area contributed by atoms with Crippen LogP contribution in [0.15, 0.2) is 41.5 Å². The van der Waals surface area contributed by atoms with E-state index in [0.29, 0.717) is 46.6 Å². The predicted octanol–water partition coefficient (Wildman–Crippen LogP) is 4.80. The number of ether oxygens (including phenoxy) is 2. The Morgan fingerprint density at radius 1 is 1.27 bits per heavy atom. The van der Waals surface area contributed by atoms with E-state index < -0.39 is 11.4 Å². The van der Waals surface area contributed by atoms with Crippen molar-refractivity contribution in [3.63, 3.8) is 0 Å². The second-order valence-corrected chi connectivity index (χ2v) is 15.1. The standard InChI is InChI=1S/C17H26N2O4S.C14H24N5.C7H3FN.C3H8.Na/c1-11-18-15(14(9-20)24-11)22-10-12-5-7-13(8-6-12)19-16(21)23-17(2,3)4;1-5-12(14(17-4)18-6-2)13(15)19-9-7-8-11(10-19)16-3;8-7-4-2-1-3-6(7)5-9;1-3-2;/h9,12-13H,5-8,10H2,1-4H3,(H,19,21);6,11,15-16H,2,7-10H2,1,3-4H3,(H,17,18);1,3-4H;3H2,1-2H3;/q;2*-1;;+1. The Kier molecular flexibility index (Phi) is 26.9. The first-order chi connectivity index (χ1) is 26.2. The molecule has 1 aliphatic heterocycles. The number of aromatic nitrogens is 1. The molecule has 0 radical (unpaired) electrons. The van der Waals surface area contributed by atoms with E-state index in [1.54, 1.807) is 26.2 Å². The summed E-state index contributed by atoms with van der Waals surface area (Å²) in [7, 11) is 3.67. The molecule has 0 bridgehead atoms. The van der Waals surface area contributed by atoms with Crippen LogP contribution in [0.1, 0.15) is 107 Å². The number of allylic oxidation sites excluding steroid dienone is 1. The van der Waals surface area contributed by atoms with Gasteiger partial charge >= 0.3 is 35.7 Å². The Morgan fingerprint density at radius 2 is 1.93 bits per heavy atom. The molecule has 15 heteroatoms. The number of benzene rings is 1. The molecule has 1 amide bonds. The van der Waals surface area contributed by atoms with Crippen molar-refractivity contribution in [3.8, 4) is 11.9 Å². The minimum Gasteiger partial charge on any atom is -0.476 e. The van der Waals surface area contributed by atoms with Gasteiger partial charge in [0.15, 0.2) is 6.29 Å². The first-order valence-corrected chi connectivity index (χ1v) is 19.5. The Bertz CT molecular complexity index is 1600. The first kappa shape index (κ1) is 52.4. The summed E-state index contributed by atoms with van der Waals surface area (Å²) in [4.78, 5) is 33.8. The average molecular weight is 804 g/mol. The summed E-state index contributed by atoms with van der Waals surface area (Å²) in [5.74, 6) is 1.45. The minimum absolute atomic E-state index is 0. The SMILES string of the molecule is C=CNC(=NC)C(=[C-]C)C(=N)N1CCCC(NC)C1.CCC.Cc1nc(OCC2CCC(NC(=O)OC(C)(C)C)CC2)c(C=O)s1.N#Cc1cc[c-]cc1F.[Na+]. The van der Waals surface area contributed by atoms with Crippen molar-refractivity contribution in [2.45, 2.75) is 111 Å². The molecule has 1 aromatic heterocycles. The predicted molar refractivity (Wildman–Crippen MR) is 219 cm³/mol. The molecule has 2 aromatic rings. The molecule has 304 valence electrons. The number of amides is 1. The third-order valence-corrected chi connectivity index (χ3v) is 9.00. The van der Waals surface area contributed by atoms with Crippen LogP contribution in [0.2, 0.25) is 0 Å². The van der Waals surface area contributed by atoms with Gasteiger partial charge in [-0.25, -0.2) is 9.78 Å². The molecule has 12 nitrogen and oxygen atoms in total. The van der Waals surface area contributed by atoms with Gasteiger partial charge in [-0.1, -0.05) is 33.8 Å². The van der Waals surface area contributed by atoms with Gasteiger partial charge in [0, 0.05) is 49.7 Å². The number of aliphatic imine (C=N–C) groups is 1. The molecule has 56 heavy (non-hydrogen) atoms. The average Bonchev–Trinajstić information content (AvgIpc) is 3.53. The number of nitrogens with one attached hydrogen (secondary N) is 4. The fraction of sp³-hybridized carbons (Fsp3) is 0.561. The van der Waals surface area contributed by atoms with Gasteiger partial charge in [0.2, 0.25) is 5.88 Å². The van der Waals surface area contributed by atoms with Crippen LogP contribution in [0.25, 0.3) is 0 Å². The quantitative estimate of drug-likeness (QED) is 0.0917. The molecule has 1 atom stereocenters. The minimum atomic E-state index is -0.514. The summed E-state index contributed by atoms with van der Waals surface area (Å²) in [6, 6.07) is 8.83. The summed E-state index contributed by atoms with van der Waals surface area (Å²) >= 11 is 1.35. The van der Waals surface area contributed by atoms with E-state index in [1.165, 1.54) is 29.9 Å². The van der Waals surface area contributed by atoms with E-state index in [1.807, 2.05) is 34.7 Å². The van der Waals surface area contributed by atoms with Crippen LogP contribution in [0, 0.1) is 47.5 Å². The topological polar surface area (TPSA) is 165 Å². The maximum atomic E-state index is 12.3. The van der Waals surface area contributed by atoms with Gasteiger partial charge in [-0.3, -0.25) is 9.18 Å². The number of carbonyl (C=O) groups is 2. The van der Waals surface area contributed by atoms with Crippen LogP contribution in [0.5, 0.6) is 5.88 Å². The van der Waals surface area contributed by atoms with Gasteiger partial charge in [0.05, 0.1) is 17.7 Å². The van der Waals surface area contributed by atoms with Gasteiger partial charge in [-0.2, -0.15) is 29.5 Å². The summed E-state index contributed by atoms with van der Waals surface area (Å²) in [6.45, 7) is 19.4. The fourth-order valence-electron chi connectivity index (χ4n) is 5.51. The number of carbonyl (C=O) groups excluding carboxylic acids is 2. The van der Waals surface area contributed by atoms with Crippen molar-refractivity contribution in [1.29, 1.82) is 10.7 Å². The monoisotopic (exact) mass is 803 g/mol. The summed E-state index contributed by atoms with van der Waals surface area (Å²) in [5, 5.41) is 26.6. The van der Waals surface area contributed by atoms with Gasteiger partial charge in [0.25, 0.3) is 0 Å². The molecule has 1 aromatic carbocycles. The zero-order valence-corrected chi connectivity index (χ0v) is 37.9. The molecular formula is C41H61FN8NaO4S-. The number of alkyl carbamates (subject to hydrolysis) is 1. The number of nitriles is 1. The van der Waals surface area contributed by atoms with E-state index in [2.05, 4.69) is 63.4 Å². The summed E-state index contributed by atoms with van der Waals surface area (Å²) in [6.07, 6.45) is 12.3. The number of hydrogen-bond donors (Lipinski definition) is 4. The van der Waals surface area contributed by atoms with Crippen LogP contribution in [-0.2, 0) is 4.74 Å². The van der Waals surface area contributed by atoms with Crippen LogP contribution in [0.3, 0.4) is 0 Å². The summed E-state index contributed by atoms with van der Waals surface area (Å²) < 4.78 is 23.3. The Morgan fingerprint density at radius 3 is 2.43 bits per heavy atom. The van der Waals surface area contributed by atoms with Crippen LogP contribution in [-0.4, -0.2) is 85.4 Å². The van der Waals surface area contributed by atoms with Gasteiger partial charge in [-0.05, 0) is 90.9 Å². The molecule has 1 unspecified atom stereocenters. The number of rotatable bonds is 9. The molecule has 2 fully saturated rings. The molecule has 0 spiro atoms. The van der Waals surface area contributed by atoms with Crippen molar-refractivity contribution < 1.29 is 53.0 Å². The molecule has 1 aliphatic carbocycles. The second-order valence-electron chi connectivity index (χ2n) is 13.9. The normalized spacial score (nSPS) is 17.9. The number of likely N-dealkylation sites (N-methyl/N-ethyl adjacent to an activating group) is 1. The molecule has 4 rings (SSSR count). The van der Waals surface area contributed by atoms with Crippen LogP contribution >= 0.6 is 11.3 Å². The molecular weight excluding hydrogens is 743 g/mol. The van der Waals surface area contributed by atoms with E-state index in [-0.39, 0.29) is 47.3 Å². The number of amidine groups is 2. The number of aldehydes is 1. The fourth-order valence-corrected chi connectivity index (χ4v) is 6.20. The maximum Gasteiger partial charge on any atom is 1.00 e. The van der Waals surface area contributed by atoms with E-state index in [4.69, 9.17) is 20.1 Å². The number of piperidine rings is 1. The van der Waals surface area contributed by atoms with Gasteiger partial charge in [0.1, 0.15) is 10.5 Å². The zero-order valence-electron chi connectivity index (χ0n) is 35.1. The molecule has 2 aliphatic rings. The third kappa shape index (κ3) is 20.0. The number of hydrogen-bond acceptors (Lipinski definition) is 10. The van der Waals surface area contributed by atoms with Gasteiger partial charge in [-0.15, -0.1) is 23.0 Å². The zero-order chi connectivity index (χ0) is 41.4. The van der Waals surface area contributed by atoms with Crippen molar-refractivity contribution in [2.24, 2.45) is 10.9 Å². The largest absolute Gasteiger partial charge is 1.00 e. The Hall–Kier alpha value is -3.61. The van der Waals surface area contributed by atoms with E-state index in [9.17, 15) is 14.0 Å². The van der Waals surface area contributed by atoms with Crippen molar-refractivity contribution in [3.05, 3.63) is 70.0 Å². The van der Waals surface area contributed by atoms with Crippen molar-refractivity contribution in [2.75, 3.05) is 33.8 Å². The Labute approximate surface area is 360 Å². The summed E-state index contributed by atoms with van der Waals surface area (Å²) in [5.41, 5.74) is 0.282. The van der Waals surface area contributed by atoms with Crippen LogP contribution in [0.4, 0.5) is 9.18 Å². The number of thiazole rings is 1. The molecule has 1 saturated carbocycles. The first-order valence-electron chi connectivity index (χ1n) is 18.7. The van der Waals surface area contributed by atoms with Crippen LogP contribution < -0.4 is 50.2 Å². The molecule has 4 N–H and O–H groups in total. The molecule has 2 heterocycles. The van der Waals surface area contributed by atoms with Crippen molar-refractivity contribution in [1.82, 2.24) is 25.8 Å². The molecule has 1 saturated heterocycles. The number of likely N-dealkylation sites (tertiary alicyclic amines) is 1. The number of halogens is 1. The third-order valence-electron chi connectivity index (χ3n) is 8.12. The Balaban J connectivity index is 0.000000838.